The number of carbonyl (C=O) groups is 1. The average Bonchev–Trinajstić information content (AvgIpc) is 2.26. The van der Waals surface area contributed by atoms with Crippen LogP contribution in [0.4, 0.5) is 0 Å². The fraction of sp³-hybridized carbons (Fsp3) is 0.286. The first-order chi connectivity index (χ1) is 8.45. The van der Waals surface area contributed by atoms with Crippen LogP contribution in [0.15, 0.2) is 21.3 Å². The van der Waals surface area contributed by atoms with Crippen LogP contribution in [0.2, 0.25) is 0 Å². The molecule has 4 nitrogen and oxygen atoms in total. The third-order valence-corrected chi connectivity index (χ3v) is 3.02. The van der Waals surface area contributed by atoms with Gasteiger partial charge in [-0.3, -0.25) is 4.79 Å². The molecule has 0 saturated heterocycles. The summed E-state index contributed by atoms with van der Waals surface area (Å²) in [4.78, 5) is 22.9. The predicted molar refractivity (Wildman–Crippen MR) is 68.3 cm³/mol. The quantitative estimate of drug-likeness (QED) is 0.653. The molecule has 0 bridgehead atoms. The molecule has 0 aliphatic rings. The van der Waals surface area contributed by atoms with E-state index < -0.39 is 5.63 Å². The first kappa shape index (κ1) is 12.4. The average molecular weight is 246 g/mol. The second kappa shape index (κ2) is 4.29. The highest BCUT2D eigenvalue weighted by Crippen LogP contribution is 2.33. The lowest BCUT2D eigenvalue weighted by Crippen LogP contribution is -2.03. The number of hydrogen-bond acceptors (Lipinski definition) is 4. The minimum Gasteiger partial charge on any atom is -0.506 e. The zero-order valence-electron chi connectivity index (χ0n) is 10.5. The van der Waals surface area contributed by atoms with Crippen molar-refractivity contribution in [3.63, 3.8) is 0 Å². The Morgan fingerprint density at radius 2 is 2.06 bits per heavy atom. The van der Waals surface area contributed by atoms with Gasteiger partial charge >= 0.3 is 5.63 Å². The highest BCUT2D eigenvalue weighted by Gasteiger charge is 2.17. The maximum absolute atomic E-state index is 11.5. The molecule has 0 radical (unpaired) electrons. The fourth-order valence-corrected chi connectivity index (χ4v) is 2.24. The highest BCUT2D eigenvalue weighted by atomic mass is 16.4. The second-order valence-corrected chi connectivity index (χ2v) is 4.29. The Labute approximate surface area is 104 Å². The maximum atomic E-state index is 11.5. The van der Waals surface area contributed by atoms with Gasteiger partial charge in [0.1, 0.15) is 11.3 Å². The molecule has 1 aromatic carbocycles. The Morgan fingerprint density at radius 3 is 2.61 bits per heavy atom. The number of Topliss-reactive ketones (excluding diaryl/α,β-unsaturated/α-hetero) is 1. The van der Waals surface area contributed by atoms with Gasteiger partial charge in [0, 0.05) is 6.07 Å². The van der Waals surface area contributed by atoms with E-state index >= 15 is 0 Å². The summed E-state index contributed by atoms with van der Waals surface area (Å²) in [5.41, 5.74) is 1.43. The smallest absolute Gasteiger partial charge is 0.336 e. The Bertz CT molecular complexity index is 695. The predicted octanol–water partition coefficient (Wildman–Crippen LogP) is 2.57. The summed E-state index contributed by atoms with van der Waals surface area (Å²) in [6.45, 7) is 4.98. The molecule has 0 saturated carbocycles. The van der Waals surface area contributed by atoms with E-state index in [1.54, 1.807) is 13.0 Å². The van der Waals surface area contributed by atoms with E-state index in [9.17, 15) is 14.7 Å². The SMILES string of the molecule is CCc1cc(=O)oc2cc(C)c(C(C)=O)c(O)c12. The Hall–Kier alpha value is -2.10. The van der Waals surface area contributed by atoms with Gasteiger partial charge in [0.05, 0.1) is 10.9 Å². The van der Waals surface area contributed by atoms with E-state index in [0.29, 0.717) is 28.5 Å². The number of fused-ring (bicyclic) bond motifs is 1. The van der Waals surface area contributed by atoms with Gasteiger partial charge in [-0.05, 0) is 37.5 Å². The monoisotopic (exact) mass is 246 g/mol. The molecule has 0 atom stereocenters. The van der Waals surface area contributed by atoms with E-state index in [0.717, 1.165) is 0 Å². The molecule has 4 heteroatoms. The zero-order chi connectivity index (χ0) is 13.4. The molecule has 1 aromatic heterocycles. The molecule has 1 N–H and O–H groups in total. The summed E-state index contributed by atoms with van der Waals surface area (Å²) in [5.74, 6) is -0.307. The van der Waals surface area contributed by atoms with Crippen molar-refractivity contribution in [2.75, 3.05) is 0 Å². The fourth-order valence-electron chi connectivity index (χ4n) is 2.24. The number of phenols is 1. The minimum absolute atomic E-state index is 0.0990. The van der Waals surface area contributed by atoms with Gasteiger partial charge in [0.25, 0.3) is 0 Å². The molecule has 0 spiro atoms. The van der Waals surface area contributed by atoms with Gasteiger partial charge in [-0.1, -0.05) is 6.92 Å². The number of ketones is 1. The maximum Gasteiger partial charge on any atom is 0.336 e. The summed E-state index contributed by atoms with van der Waals surface area (Å²) >= 11 is 0. The third-order valence-electron chi connectivity index (χ3n) is 3.02. The van der Waals surface area contributed by atoms with Crippen LogP contribution in [-0.4, -0.2) is 10.9 Å². The second-order valence-electron chi connectivity index (χ2n) is 4.29. The lowest BCUT2D eigenvalue weighted by atomic mass is 9.97. The zero-order valence-corrected chi connectivity index (χ0v) is 10.5. The van der Waals surface area contributed by atoms with Crippen molar-refractivity contribution >= 4 is 16.8 Å². The largest absolute Gasteiger partial charge is 0.506 e. The summed E-state index contributed by atoms with van der Waals surface area (Å²) in [6, 6.07) is 2.97. The molecule has 0 unspecified atom stereocenters. The van der Waals surface area contributed by atoms with Crippen molar-refractivity contribution in [3.8, 4) is 5.75 Å². The van der Waals surface area contributed by atoms with Gasteiger partial charge < -0.3 is 9.52 Å². The number of aryl methyl sites for hydroxylation is 2. The van der Waals surface area contributed by atoms with Crippen LogP contribution < -0.4 is 5.63 Å². The molecule has 0 fully saturated rings. The van der Waals surface area contributed by atoms with Crippen LogP contribution in [0, 0.1) is 6.92 Å². The number of rotatable bonds is 2. The van der Waals surface area contributed by atoms with Crippen molar-refractivity contribution in [2.24, 2.45) is 0 Å². The Kier molecular flexibility index (Phi) is 2.95. The number of benzene rings is 1. The topological polar surface area (TPSA) is 67.5 Å². The molecule has 18 heavy (non-hydrogen) atoms. The first-order valence-corrected chi connectivity index (χ1v) is 5.76. The molecule has 1 heterocycles. The summed E-state index contributed by atoms with van der Waals surface area (Å²) < 4.78 is 5.07. The molecule has 2 aromatic rings. The van der Waals surface area contributed by atoms with E-state index in [4.69, 9.17) is 4.42 Å². The van der Waals surface area contributed by atoms with Crippen molar-refractivity contribution in [3.05, 3.63) is 39.2 Å². The van der Waals surface area contributed by atoms with Crippen LogP contribution in [0.1, 0.15) is 35.3 Å². The summed E-state index contributed by atoms with van der Waals surface area (Å²) in [7, 11) is 0. The van der Waals surface area contributed by atoms with Gasteiger partial charge in [0.15, 0.2) is 5.78 Å². The lowest BCUT2D eigenvalue weighted by molar-refractivity contribution is 0.101. The molecule has 0 amide bonds. The van der Waals surface area contributed by atoms with Crippen molar-refractivity contribution in [1.82, 2.24) is 0 Å². The molecular weight excluding hydrogens is 232 g/mol. The molecule has 0 aliphatic heterocycles. The lowest BCUT2D eigenvalue weighted by Gasteiger charge is -2.10. The van der Waals surface area contributed by atoms with E-state index in [1.165, 1.54) is 13.0 Å². The molecule has 0 aliphatic carbocycles. The molecular formula is C14H14O4. The third kappa shape index (κ3) is 1.79. The number of aromatic hydroxyl groups is 1. The first-order valence-electron chi connectivity index (χ1n) is 5.76. The number of phenolic OH excluding ortho intramolecular Hbond substituents is 1. The normalized spacial score (nSPS) is 10.8. The van der Waals surface area contributed by atoms with E-state index in [2.05, 4.69) is 0 Å². The summed E-state index contributed by atoms with van der Waals surface area (Å²) in [5, 5.41) is 10.7. The van der Waals surface area contributed by atoms with Crippen LogP contribution in [0.25, 0.3) is 11.0 Å². The van der Waals surface area contributed by atoms with E-state index in [-0.39, 0.29) is 17.1 Å². The van der Waals surface area contributed by atoms with Crippen LogP contribution in [-0.2, 0) is 6.42 Å². The van der Waals surface area contributed by atoms with Gasteiger partial charge in [-0.15, -0.1) is 0 Å². The summed E-state index contributed by atoms with van der Waals surface area (Å²) in [6.07, 6.45) is 0.579. The number of hydrogen-bond donors (Lipinski definition) is 1. The van der Waals surface area contributed by atoms with Crippen LogP contribution in [0.3, 0.4) is 0 Å². The Balaban J connectivity index is 3.01. The standard InChI is InChI=1S/C14H14O4/c1-4-9-6-11(16)18-10-5-7(2)12(8(3)15)14(17)13(9)10/h5-6,17H,4H2,1-3H3. The number of carbonyl (C=O) groups excluding carboxylic acids is 1. The molecule has 94 valence electrons. The van der Waals surface area contributed by atoms with Crippen molar-refractivity contribution < 1.29 is 14.3 Å². The van der Waals surface area contributed by atoms with Crippen molar-refractivity contribution in [1.29, 1.82) is 0 Å². The van der Waals surface area contributed by atoms with Crippen LogP contribution >= 0.6 is 0 Å². The van der Waals surface area contributed by atoms with Crippen molar-refractivity contribution in [2.45, 2.75) is 27.2 Å². The van der Waals surface area contributed by atoms with Gasteiger partial charge in [-0.25, -0.2) is 4.79 Å². The highest BCUT2D eigenvalue weighted by molar-refractivity contribution is 6.04. The molecule has 2 rings (SSSR count). The van der Waals surface area contributed by atoms with Gasteiger partial charge in [0.2, 0.25) is 0 Å². The van der Waals surface area contributed by atoms with Crippen LogP contribution in [0.5, 0.6) is 5.75 Å². The van der Waals surface area contributed by atoms with Gasteiger partial charge in [-0.2, -0.15) is 0 Å². The minimum atomic E-state index is -0.450. The van der Waals surface area contributed by atoms with E-state index in [1.807, 2.05) is 6.92 Å². The Morgan fingerprint density at radius 1 is 1.39 bits per heavy atom.